The molecule has 140 valence electrons. The molecule has 2 aromatic rings. The van der Waals surface area contributed by atoms with Crippen molar-refractivity contribution in [3.8, 4) is 11.1 Å². The quantitative estimate of drug-likeness (QED) is 0.466. The summed E-state index contributed by atoms with van der Waals surface area (Å²) >= 11 is 0. The zero-order valence-corrected chi connectivity index (χ0v) is 16.4. The maximum absolute atomic E-state index is 12.3. The van der Waals surface area contributed by atoms with Gasteiger partial charge in [0.1, 0.15) is 0 Å². The van der Waals surface area contributed by atoms with E-state index in [1.54, 1.807) is 7.05 Å². The van der Waals surface area contributed by atoms with E-state index in [1.165, 1.54) is 44.9 Å². The fourth-order valence-corrected chi connectivity index (χ4v) is 3.40. The van der Waals surface area contributed by atoms with E-state index in [2.05, 4.69) is 36.5 Å². The smallest absolute Gasteiger partial charge is 0.251 e. The highest BCUT2D eigenvalue weighted by atomic mass is 16.1. The molecule has 2 rings (SSSR count). The Morgan fingerprint density at radius 3 is 2.12 bits per heavy atom. The molecular formula is C24H33NO. The van der Waals surface area contributed by atoms with Crippen molar-refractivity contribution in [2.75, 3.05) is 7.05 Å². The summed E-state index contributed by atoms with van der Waals surface area (Å²) < 4.78 is 0. The molecule has 0 fully saturated rings. The van der Waals surface area contributed by atoms with Crippen molar-refractivity contribution in [3.05, 3.63) is 59.7 Å². The molecule has 0 heterocycles. The van der Waals surface area contributed by atoms with Gasteiger partial charge in [0.2, 0.25) is 0 Å². The number of benzene rings is 2. The maximum Gasteiger partial charge on any atom is 0.251 e. The van der Waals surface area contributed by atoms with Crippen molar-refractivity contribution in [3.63, 3.8) is 0 Å². The second-order valence-corrected chi connectivity index (χ2v) is 7.04. The molecule has 0 unspecified atom stereocenters. The SMILES string of the molecule is CCCCCCCCCCc1ccc(-c2ccccc2)cc1C(=O)NC. The van der Waals surface area contributed by atoms with E-state index in [0.29, 0.717) is 0 Å². The van der Waals surface area contributed by atoms with Crippen LogP contribution in [-0.4, -0.2) is 13.0 Å². The molecule has 0 aliphatic carbocycles. The second kappa shape index (κ2) is 11.5. The Morgan fingerprint density at radius 1 is 0.808 bits per heavy atom. The lowest BCUT2D eigenvalue weighted by Crippen LogP contribution is -2.19. The first kappa shape index (κ1) is 20.2. The molecule has 2 heteroatoms. The summed E-state index contributed by atoms with van der Waals surface area (Å²) in [5, 5.41) is 2.79. The molecule has 1 amide bonds. The van der Waals surface area contributed by atoms with Gasteiger partial charge in [-0.3, -0.25) is 4.79 Å². The monoisotopic (exact) mass is 351 g/mol. The van der Waals surface area contributed by atoms with Gasteiger partial charge in [0, 0.05) is 12.6 Å². The van der Waals surface area contributed by atoms with E-state index in [9.17, 15) is 4.79 Å². The molecule has 0 saturated heterocycles. The Morgan fingerprint density at radius 2 is 1.46 bits per heavy atom. The highest BCUT2D eigenvalue weighted by Crippen LogP contribution is 2.24. The summed E-state index contributed by atoms with van der Waals surface area (Å²) in [7, 11) is 1.71. The number of amides is 1. The number of carbonyl (C=O) groups excluding carboxylic acids is 1. The minimum atomic E-state index is 0.0114. The van der Waals surface area contributed by atoms with E-state index in [1.807, 2.05) is 24.3 Å². The van der Waals surface area contributed by atoms with Crippen molar-refractivity contribution >= 4 is 5.91 Å². The lowest BCUT2D eigenvalue weighted by Gasteiger charge is -2.11. The fourth-order valence-electron chi connectivity index (χ4n) is 3.40. The normalized spacial score (nSPS) is 10.7. The Hall–Kier alpha value is -2.09. The third-order valence-corrected chi connectivity index (χ3v) is 4.99. The summed E-state index contributed by atoms with van der Waals surface area (Å²) in [5.74, 6) is 0.0114. The van der Waals surface area contributed by atoms with Gasteiger partial charge in [0.15, 0.2) is 0 Å². The molecule has 0 aliphatic rings. The number of carbonyl (C=O) groups is 1. The Labute approximate surface area is 159 Å². The van der Waals surface area contributed by atoms with E-state index in [-0.39, 0.29) is 5.91 Å². The highest BCUT2D eigenvalue weighted by Gasteiger charge is 2.11. The van der Waals surface area contributed by atoms with Crippen molar-refractivity contribution in [2.24, 2.45) is 0 Å². The Kier molecular flexibility index (Phi) is 8.95. The highest BCUT2D eigenvalue weighted by molar-refractivity contribution is 5.96. The van der Waals surface area contributed by atoms with Crippen LogP contribution in [-0.2, 0) is 6.42 Å². The topological polar surface area (TPSA) is 29.1 Å². The third kappa shape index (κ3) is 6.33. The molecule has 0 aliphatic heterocycles. The molecule has 0 radical (unpaired) electrons. The van der Waals surface area contributed by atoms with E-state index < -0.39 is 0 Å². The molecule has 2 nitrogen and oxygen atoms in total. The van der Waals surface area contributed by atoms with Crippen molar-refractivity contribution < 1.29 is 4.79 Å². The first-order valence-electron chi connectivity index (χ1n) is 10.2. The lowest BCUT2D eigenvalue weighted by molar-refractivity contribution is 0.0962. The largest absolute Gasteiger partial charge is 0.355 e. The fraction of sp³-hybridized carbons (Fsp3) is 0.458. The van der Waals surface area contributed by atoms with Gasteiger partial charge < -0.3 is 5.32 Å². The molecule has 0 atom stereocenters. The van der Waals surface area contributed by atoms with Crippen LogP contribution in [0, 0.1) is 0 Å². The van der Waals surface area contributed by atoms with Gasteiger partial charge in [-0.2, -0.15) is 0 Å². The number of rotatable bonds is 11. The summed E-state index contributed by atoms with van der Waals surface area (Å²) in [6, 6.07) is 16.6. The zero-order chi connectivity index (χ0) is 18.6. The van der Waals surface area contributed by atoms with Crippen LogP contribution in [0.1, 0.15) is 74.2 Å². The van der Waals surface area contributed by atoms with Crippen LogP contribution >= 0.6 is 0 Å². The van der Waals surface area contributed by atoms with E-state index in [4.69, 9.17) is 0 Å². The standard InChI is InChI=1S/C24H33NO/c1-3-4-5-6-7-8-9-11-16-21-17-18-22(19-23(21)24(26)25-2)20-14-12-10-13-15-20/h10,12-15,17-19H,3-9,11,16H2,1-2H3,(H,25,26). The van der Waals surface area contributed by atoms with Crippen LogP contribution in [0.3, 0.4) is 0 Å². The molecule has 26 heavy (non-hydrogen) atoms. The van der Waals surface area contributed by atoms with Crippen molar-refractivity contribution in [1.82, 2.24) is 5.32 Å². The number of hydrogen-bond donors (Lipinski definition) is 1. The minimum Gasteiger partial charge on any atom is -0.355 e. The van der Waals surface area contributed by atoms with Crippen LogP contribution in [0.5, 0.6) is 0 Å². The first-order chi connectivity index (χ1) is 12.8. The third-order valence-electron chi connectivity index (χ3n) is 4.99. The van der Waals surface area contributed by atoms with Crippen LogP contribution < -0.4 is 5.32 Å². The van der Waals surface area contributed by atoms with Gasteiger partial charge in [-0.15, -0.1) is 0 Å². The van der Waals surface area contributed by atoms with Crippen molar-refractivity contribution in [1.29, 1.82) is 0 Å². The molecule has 2 aromatic carbocycles. The number of nitrogens with one attached hydrogen (secondary N) is 1. The summed E-state index contributed by atoms with van der Waals surface area (Å²) in [5.41, 5.74) is 4.23. The molecule has 1 N–H and O–H groups in total. The zero-order valence-electron chi connectivity index (χ0n) is 16.4. The van der Waals surface area contributed by atoms with Gasteiger partial charge >= 0.3 is 0 Å². The number of hydrogen-bond acceptors (Lipinski definition) is 1. The summed E-state index contributed by atoms with van der Waals surface area (Å²) in [4.78, 5) is 12.3. The minimum absolute atomic E-state index is 0.0114. The molecular weight excluding hydrogens is 318 g/mol. The van der Waals surface area contributed by atoms with Gasteiger partial charge in [0.25, 0.3) is 5.91 Å². The molecule has 0 bridgehead atoms. The predicted octanol–water partition coefficient (Wildman–Crippen LogP) is 6.40. The van der Waals surface area contributed by atoms with Gasteiger partial charge in [-0.25, -0.2) is 0 Å². The van der Waals surface area contributed by atoms with Gasteiger partial charge in [0.05, 0.1) is 0 Å². The average Bonchev–Trinajstić information content (AvgIpc) is 2.70. The lowest BCUT2D eigenvalue weighted by atomic mass is 9.95. The second-order valence-electron chi connectivity index (χ2n) is 7.04. The van der Waals surface area contributed by atoms with Crippen LogP contribution in [0.15, 0.2) is 48.5 Å². The number of aryl methyl sites for hydroxylation is 1. The molecule has 0 aromatic heterocycles. The predicted molar refractivity (Wildman–Crippen MR) is 112 cm³/mol. The average molecular weight is 352 g/mol. The summed E-state index contributed by atoms with van der Waals surface area (Å²) in [6.07, 6.45) is 11.4. The first-order valence-corrected chi connectivity index (χ1v) is 10.2. The Balaban J connectivity index is 1.94. The van der Waals surface area contributed by atoms with E-state index >= 15 is 0 Å². The number of unbranched alkanes of at least 4 members (excludes halogenated alkanes) is 7. The Bertz CT molecular complexity index is 663. The van der Waals surface area contributed by atoms with Gasteiger partial charge in [-0.05, 0) is 35.6 Å². The maximum atomic E-state index is 12.3. The molecule has 0 spiro atoms. The van der Waals surface area contributed by atoms with E-state index in [0.717, 1.165) is 35.1 Å². The summed E-state index contributed by atoms with van der Waals surface area (Å²) in [6.45, 7) is 2.26. The van der Waals surface area contributed by atoms with Crippen LogP contribution in [0.25, 0.3) is 11.1 Å². The van der Waals surface area contributed by atoms with Gasteiger partial charge in [-0.1, -0.05) is 94.3 Å². The van der Waals surface area contributed by atoms with Crippen LogP contribution in [0.2, 0.25) is 0 Å². The molecule has 0 saturated carbocycles. The van der Waals surface area contributed by atoms with Crippen molar-refractivity contribution in [2.45, 2.75) is 64.7 Å². The van der Waals surface area contributed by atoms with Crippen LogP contribution in [0.4, 0.5) is 0 Å².